The Morgan fingerprint density at radius 1 is 1.14 bits per heavy atom. The van der Waals surface area contributed by atoms with Gasteiger partial charge in [-0.15, -0.1) is 0 Å². The van der Waals surface area contributed by atoms with E-state index >= 15 is 0 Å². The number of aromatic amines is 1. The smallest absolute Gasteiger partial charge is 0.309 e. The second kappa shape index (κ2) is 6.49. The third kappa shape index (κ3) is 3.27. The van der Waals surface area contributed by atoms with Crippen LogP contribution in [-0.4, -0.2) is 28.1 Å². The van der Waals surface area contributed by atoms with E-state index in [-0.39, 0.29) is 5.41 Å². The van der Waals surface area contributed by atoms with Gasteiger partial charge >= 0.3 is 6.02 Å². The van der Waals surface area contributed by atoms with Crippen LogP contribution in [0, 0.1) is 0 Å². The summed E-state index contributed by atoms with van der Waals surface area (Å²) in [5, 5.41) is 0. The van der Waals surface area contributed by atoms with Gasteiger partial charge in [0.25, 0.3) is 0 Å². The number of aliphatic imine (C=N–C) groups is 1. The minimum atomic E-state index is -0.736. The fourth-order valence-electron chi connectivity index (χ4n) is 3.08. The van der Waals surface area contributed by atoms with Crippen LogP contribution in [0.1, 0.15) is 38.8 Å². The lowest BCUT2D eigenvalue weighted by molar-refractivity contribution is 0.0734. The second-order valence-electron chi connectivity index (χ2n) is 7.91. The molecule has 2 aromatic heterocycles. The van der Waals surface area contributed by atoms with Gasteiger partial charge in [-0.05, 0) is 24.0 Å². The van der Waals surface area contributed by atoms with Crippen molar-refractivity contribution in [2.75, 3.05) is 7.11 Å². The summed E-state index contributed by atoms with van der Waals surface area (Å²) in [4.78, 5) is 16.1. The minimum absolute atomic E-state index is 0.103. The topological polar surface area (TPSA) is 96.5 Å². The highest BCUT2D eigenvalue weighted by atomic mass is 16.6. The molecule has 1 saturated heterocycles. The van der Waals surface area contributed by atoms with Gasteiger partial charge in [-0.3, -0.25) is 5.43 Å². The highest BCUT2D eigenvalue weighted by Gasteiger charge is 2.36. The summed E-state index contributed by atoms with van der Waals surface area (Å²) < 4.78 is 11.3. The van der Waals surface area contributed by atoms with Crippen LogP contribution in [0.5, 0.6) is 5.88 Å². The first-order chi connectivity index (χ1) is 13.3. The molecule has 0 radical (unpaired) electrons. The van der Waals surface area contributed by atoms with Crippen LogP contribution in [0.2, 0.25) is 0 Å². The van der Waals surface area contributed by atoms with Gasteiger partial charge in [-0.25, -0.2) is 9.97 Å². The standard InChI is InChI=1S/C20H24N6O2/c1-19(2,3)12-6-8-13(9-7-12)20(4)26-25-18(28-20)24-17-22-14-10-11-21-16(27-5)15(14)23-17/h6-11,26H,1-5H3,(H2,22,23,24,25). The number of pyridine rings is 1. The van der Waals surface area contributed by atoms with Crippen molar-refractivity contribution >= 4 is 23.0 Å². The Kier molecular flexibility index (Phi) is 4.23. The quantitative estimate of drug-likeness (QED) is 0.645. The summed E-state index contributed by atoms with van der Waals surface area (Å²) in [6.07, 6.45) is 1.65. The molecule has 3 aromatic rings. The predicted molar refractivity (Wildman–Crippen MR) is 107 cm³/mol. The number of hydrogen-bond donors (Lipinski definition) is 3. The van der Waals surface area contributed by atoms with E-state index in [1.165, 1.54) is 5.56 Å². The lowest BCUT2D eigenvalue weighted by Crippen LogP contribution is -2.39. The number of hydrazine groups is 1. The molecule has 0 amide bonds. The summed E-state index contributed by atoms with van der Waals surface area (Å²) in [6.45, 7) is 8.52. The average Bonchev–Trinajstić information content (AvgIpc) is 3.25. The van der Waals surface area contributed by atoms with E-state index in [0.29, 0.717) is 23.4 Å². The van der Waals surface area contributed by atoms with E-state index < -0.39 is 5.72 Å². The van der Waals surface area contributed by atoms with Crippen molar-refractivity contribution in [2.24, 2.45) is 4.99 Å². The zero-order valence-corrected chi connectivity index (χ0v) is 16.6. The Morgan fingerprint density at radius 2 is 1.89 bits per heavy atom. The van der Waals surface area contributed by atoms with E-state index in [9.17, 15) is 0 Å². The van der Waals surface area contributed by atoms with Crippen LogP contribution in [0.15, 0.2) is 41.5 Å². The maximum atomic E-state index is 6.04. The molecule has 1 atom stereocenters. The molecule has 0 saturated carbocycles. The molecule has 4 rings (SSSR count). The summed E-state index contributed by atoms with van der Waals surface area (Å²) in [7, 11) is 1.56. The number of hydrogen-bond acceptors (Lipinski definition) is 6. The van der Waals surface area contributed by atoms with Gasteiger partial charge in [0.1, 0.15) is 0 Å². The van der Waals surface area contributed by atoms with Gasteiger partial charge in [-0.2, -0.15) is 10.4 Å². The zero-order valence-electron chi connectivity index (χ0n) is 16.6. The van der Waals surface area contributed by atoms with Crippen LogP contribution in [0.4, 0.5) is 5.95 Å². The highest BCUT2D eigenvalue weighted by Crippen LogP contribution is 2.29. The van der Waals surface area contributed by atoms with Gasteiger partial charge in [0, 0.05) is 11.8 Å². The molecule has 1 fully saturated rings. The molecule has 0 aliphatic carbocycles. The Balaban J connectivity index is 1.58. The van der Waals surface area contributed by atoms with Crippen LogP contribution < -0.4 is 15.6 Å². The Hall–Kier alpha value is -3.13. The van der Waals surface area contributed by atoms with Gasteiger partial charge < -0.3 is 14.5 Å². The van der Waals surface area contributed by atoms with E-state index in [2.05, 4.69) is 75.8 Å². The first-order valence-electron chi connectivity index (χ1n) is 9.09. The normalized spacial score (nSPS) is 21.0. The molecule has 1 unspecified atom stereocenters. The molecule has 8 nitrogen and oxygen atoms in total. The number of amidine groups is 1. The number of rotatable bonds is 3. The van der Waals surface area contributed by atoms with Crippen molar-refractivity contribution in [2.45, 2.75) is 38.8 Å². The molecule has 28 heavy (non-hydrogen) atoms. The number of nitrogens with one attached hydrogen (secondary N) is 3. The van der Waals surface area contributed by atoms with Gasteiger partial charge in [0.05, 0.1) is 12.6 Å². The maximum Gasteiger partial charge on any atom is 0.309 e. The molecular weight excluding hydrogens is 356 g/mol. The molecule has 3 N–H and O–H groups in total. The molecule has 0 spiro atoms. The summed E-state index contributed by atoms with van der Waals surface area (Å²) >= 11 is 0. The molecule has 0 bridgehead atoms. The summed E-state index contributed by atoms with van der Waals surface area (Å²) in [5.74, 6) is 0.848. The first-order valence-corrected chi connectivity index (χ1v) is 9.09. The number of nitrogens with zero attached hydrogens (tertiary/aromatic N) is 3. The Bertz CT molecular complexity index is 1040. The number of methoxy groups -OCH3 is 1. The Labute approximate surface area is 163 Å². The molecule has 3 heterocycles. The monoisotopic (exact) mass is 380 g/mol. The third-order valence-electron chi connectivity index (χ3n) is 4.77. The Morgan fingerprint density at radius 3 is 2.57 bits per heavy atom. The fraction of sp³-hybridized carbons (Fsp3) is 0.350. The van der Waals surface area contributed by atoms with Crippen molar-refractivity contribution in [3.8, 4) is 5.88 Å². The van der Waals surface area contributed by atoms with Crippen LogP contribution in [0.3, 0.4) is 0 Å². The van der Waals surface area contributed by atoms with Crippen molar-refractivity contribution in [3.63, 3.8) is 0 Å². The number of ether oxygens (including phenoxy) is 2. The molecule has 8 heteroatoms. The lowest BCUT2D eigenvalue weighted by atomic mass is 9.86. The predicted octanol–water partition coefficient (Wildman–Crippen LogP) is 3.25. The highest BCUT2D eigenvalue weighted by molar-refractivity contribution is 5.83. The SMILES string of the molecule is COc1nccc2[nH]c(/N=C3\NNC(C)(c4ccc(C(C)(C)C)cc4)O3)nc12. The largest absolute Gasteiger partial charge is 0.479 e. The number of aromatic nitrogens is 3. The van der Waals surface area contributed by atoms with Crippen molar-refractivity contribution < 1.29 is 9.47 Å². The molecule has 146 valence electrons. The number of H-pyrrole nitrogens is 1. The van der Waals surface area contributed by atoms with Crippen molar-refractivity contribution in [3.05, 3.63) is 47.7 Å². The van der Waals surface area contributed by atoms with Crippen LogP contribution in [-0.2, 0) is 15.9 Å². The molecule has 1 aliphatic rings. The summed E-state index contributed by atoms with van der Waals surface area (Å²) in [5.41, 5.74) is 9.18. The van der Waals surface area contributed by atoms with E-state index in [0.717, 1.165) is 11.1 Å². The van der Waals surface area contributed by atoms with Crippen molar-refractivity contribution in [1.29, 1.82) is 0 Å². The van der Waals surface area contributed by atoms with Gasteiger partial charge in [0.2, 0.25) is 17.6 Å². The van der Waals surface area contributed by atoms with Gasteiger partial charge in [-0.1, -0.05) is 45.0 Å². The van der Waals surface area contributed by atoms with Crippen LogP contribution in [0.25, 0.3) is 11.0 Å². The summed E-state index contributed by atoms with van der Waals surface area (Å²) in [6, 6.07) is 10.5. The van der Waals surface area contributed by atoms with E-state index in [1.807, 2.05) is 13.0 Å². The average molecular weight is 380 g/mol. The fourth-order valence-corrected chi connectivity index (χ4v) is 3.08. The lowest BCUT2D eigenvalue weighted by Gasteiger charge is -2.24. The first kappa shape index (κ1) is 18.2. The van der Waals surface area contributed by atoms with E-state index in [4.69, 9.17) is 9.47 Å². The third-order valence-corrected chi connectivity index (χ3v) is 4.77. The second-order valence-corrected chi connectivity index (χ2v) is 7.91. The molecule has 1 aromatic carbocycles. The number of benzene rings is 1. The number of fused-ring (bicyclic) bond motifs is 1. The zero-order chi connectivity index (χ0) is 19.9. The molecular formula is C20H24N6O2. The van der Waals surface area contributed by atoms with Gasteiger partial charge in [0.15, 0.2) is 5.52 Å². The van der Waals surface area contributed by atoms with Crippen LogP contribution >= 0.6 is 0 Å². The molecule has 1 aliphatic heterocycles. The minimum Gasteiger partial charge on any atom is -0.479 e. The number of imidazole rings is 1. The van der Waals surface area contributed by atoms with Crippen molar-refractivity contribution in [1.82, 2.24) is 25.8 Å². The maximum absolute atomic E-state index is 6.04. The van der Waals surface area contributed by atoms with E-state index in [1.54, 1.807) is 13.3 Å².